The van der Waals surface area contributed by atoms with Crippen molar-refractivity contribution < 1.29 is 4.68 Å². The lowest BCUT2D eigenvalue weighted by molar-refractivity contribution is -0.618. The molecule has 1 heterocycles. The Hall–Kier alpha value is -1.43. The molecule has 0 radical (unpaired) electrons. The first kappa shape index (κ1) is 17.4. The normalized spacial score (nSPS) is 21.8. The molecular weight excluding hydrogens is 370 g/mol. The Kier molecular flexibility index (Phi) is 5.23. The molecule has 24 heavy (non-hydrogen) atoms. The Morgan fingerprint density at radius 2 is 1.88 bits per heavy atom. The van der Waals surface area contributed by atoms with Crippen molar-refractivity contribution in [2.45, 2.75) is 70.4 Å². The molecule has 0 aromatic carbocycles. The lowest BCUT2D eigenvalue weighted by Gasteiger charge is -2.25. The largest absolute Gasteiger partial charge is 0.385 e. The van der Waals surface area contributed by atoms with Gasteiger partial charge >= 0.3 is 5.69 Å². The molecule has 130 valence electrons. The SMILES string of the molecule is C=[N+](C1CC=CCC1)n1c(C)c(Br)c(=O)n(C2CCCCC2)c1=O. The number of hydrogen-bond donors (Lipinski definition) is 0. The first-order valence-electron chi connectivity index (χ1n) is 8.81. The summed E-state index contributed by atoms with van der Waals surface area (Å²) in [6, 6.07) is 0.178. The molecule has 0 aliphatic heterocycles. The van der Waals surface area contributed by atoms with E-state index in [9.17, 15) is 9.59 Å². The van der Waals surface area contributed by atoms with Gasteiger partial charge in [0, 0.05) is 18.9 Å². The van der Waals surface area contributed by atoms with Gasteiger partial charge in [0.2, 0.25) is 0 Å². The van der Waals surface area contributed by atoms with Gasteiger partial charge in [0.1, 0.15) is 10.2 Å². The van der Waals surface area contributed by atoms with Gasteiger partial charge in [-0.1, -0.05) is 36.1 Å². The van der Waals surface area contributed by atoms with Gasteiger partial charge < -0.3 is 0 Å². The van der Waals surface area contributed by atoms with Crippen LogP contribution in [0, 0.1) is 6.92 Å². The molecule has 6 heteroatoms. The van der Waals surface area contributed by atoms with Crippen molar-refractivity contribution in [3.63, 3.8) is 0 Å². The van der Waals surface area contributed by atoms with E-state index in [-0.39, 0.29) is 23.3 Å². The van der Waals surface area contributed by atoms with Crippen molar-refractivity contribution >= 4 is 22.6 Å². The fourth-order valence-corrected chi connectivity index (χ4v) is 4.22. The monoisotopic (exact) mass is 394 g/mol. The van der Waals surface area contributed by atoms with Gasteiger partial charge in [-0.3, -0.25) is 9.36 Å². The lowest BCUT2D eigenvalue weighted by Crippen LogP contribution is -2.49. The predicted octanol–water partition coefficient (Wildman–Crippen LogP) is 3.17. The molecule has 2 aliphatic rings. The zero-order valence-corrected chi connectivity index (χ0v) is 15.8. The molecule has 5 nitrogen and oxygen atoms in total. The Morgan fingerprint density at radius 3 is 2.50 bits per heavy atom. The first-order chi connectivity index (χ1) is 11.5. The molecule has 1 fully saturated rings. The molecule has 1 unspecified atom stereocenters. The van der Waals surface area contributed by atoms with Crippen LogP contribution in [0.4, 0.5) is 0 Å². The fourth-order valence-electron chi connectivity index (χ4n) is 3.86. The molecule has 0 spiro atoms. The molecule has 0 N–H and O–H groups in total. The number of allylic oxidation sites excluding steroid dienone is 1. The molecule has 0 amide bonds. The number of rotatable bonds is 3. The number of nitrogens with zero attached hydrogens (tertiary/aromatic N) is 3. The molecular formula is C18H25BrN3O2+. The molecule has 2 aliphatic carbocycles. The minimum Gasteiger partial charge on any atom is -0.268 e. The van der Waals surface area contributed by atoms with Crippen molar-refractivity contribution in [3.05, 3.63) is 43.2 Å². The van der Waals surface area contributed by atoms with E-state index in [0.29, 0.717) is 10.2 Å². The number of hydrogen-bond acceptors (Lipinski definition) is 2. The lowest BCUT2D eigenvalue weighted by atomic mass is 9.95. The van der Waals surface area contributed by atoms with Gasteiger partial charge in [0.15, 0.2) is 12.8 Å². The van der Waals surface area contributed by atoms with Crippen LogP contribution in [0.3, 0.4) is 0 Å². The standard InChI is InChI=1S/C18H25BrN3O2/c1-13-16(19)17(23)21(15-11-7-4-8-12-15)18(24)22(13)20(2)14-9-5-3-6-10-14/h3,5,14-15H,2,4,6-12H2,1H3/q+1. The second kappa shape index (κ2) is 7.21. The third-order valence-electron chi connectivity index (χ3n) is 5.29. The maximum absolute atomic E-state index is 13.2. The average Bonchev–Trinajstić information content (AvgIpc) is 2.61. The van der Waals surface area contributed by atoms with Gasteiger partial charge in [-0.25, -0.2) is 4.79 Å². The third kappa shape index (κ3) is 3.08. The van der Waals surface area contributed by atoms with Crippen LogP contribution in [0.5, 0.6) is 0 Å². The number of halogens is 1. The molecule has 1 saturated carbocycles. The van der Waals surface area contributed by atoms with Gasteiger partial charge in [-0.05, 0) is 42.1 Å². The summed E-state index contributed by atoms with van der Waals surface area (Å²) >= 11 is 3.41. The van der Waals surface area contributed by atoms with Gasteiger partial charge in [-0.2, -0.15) is 0 Å². The van der Waals surface area contributed by atoms with E-state index in [1.165, 1.54) is 11.0 Å². The Balaban J connectivity index is 2.10. The van der Waals surface area contributed by atoms with E-state index in [4.69, 9.17) is 0 Å². The molecule has 1 aromatic heterocycles. The van der Waals surface area contributed by atoms with Crippen LogP contribution in [0.15, 0.2) is 26.2 Å². The predicted molar refractivity (Wildman–Crippen MR) is 99.1 cm³/mol. The highest BCUT2D eigenvalue weighted by Gasteiger charge is 2.29. The van der Waals surface area contributed by atoms with E-state index in [1.54, 1.807) is 16.3 Å². The van der Waals surface area contributed by atoms with E-state index < -0.39 is 0 Å². The summed E-state index contributed by atoms with van der Waals surface area (Å²) < 4.78 is 5.27. The highest BCUT2D eigenvalue weighted by Crippen LogP contribution is 2.26. The smallest absolute Gasteiger partial charge is 0.268 e. The van der Waals surface area contributed by atoms with E-state index >= 15 is 0 Å². The van der Waals surface area contributed by atoms with Crippen LogP contribution in [-0.2, 0) is 0 Å². The summed E-state index contributed by atoms with van der Waals surface area (Å²) in [6.45, 7) is 5.94. The Labute approximate surface area is 150 Å². The molecule has 0 bridgehead atoms. The highest BCUT2D eigenvalue weighted by atomic mass is 79.9. The van der Waals surface area contributed by atoms with Crippen LogP contribution in [0.25, 0.3) is 0 Å². The zero-order chi connectivity index (χ0) is 17.3. The second-order valence-corrected chi connectivity index (χ2v) is 7.63. The maximum atomic E-state index is 13.2. The Morgan fingerprint density at radius 1 is 1.17 bits per heavy atom. The zero-order valence-electron chi connectivity index (χ0n) is 14.2. The molecule has 1 aromatic rings. The summed E-state index contributed by atoms with van der Waals surface area (Å²) in [5.74, 6) is 0. The summed E-state index contributed by atoms with van der Waals surface area (Å²) in [6.07, 6.45) is 12.3. The quantitative estimate of drug-likeness (QED) is 0.449. The maximum Gasteiger partial charge on any atom is 0.385 e. The summed E-state index contributed by atoms with van der Waals surface area (Å²) in [4.78, 5) is 25.9. The number of aromatic nitrogens is 2. The second-order valence-electron chi connectivity index (χ2n) is 6.84. The van der Waals surface area contributed by atoms with Crippen LogP contribution in [0.2, 0.25) is 0 Å². The molecule has 1 atom stereocenters. The van der Waals surface area contributed by atoms with Crippen molar-refractivity contribution in [3.8, 4) is 0 Å². The van der Waals surface area contributed by atoms with Crippen LogP contribution < -0.4 is 11.2 Å². The minimum atomic E-state index is -0.253. The molecule has 0 saturated heterocycles. The van der Waals surface area contributed by atoms with Gasteiger partial charge in [-0.15, -0.1) is 4.68 Å². The van der Waals surface area contributed by atoms with Crippen molar-refractivity contribution in [1.82, 2.24) is 9.24 Å². The molecule has 3 rings (SSSR count). The third-order valence-corrected chi connectivity index (χ3v) is 6.20. The highest BCUT2D eigenvalue weighted by molar-refractivity contribution is 9.10. The van der Waals surface area contributed by atoms with Gasteiger partial charge in [0.25, 0.3) is 5.56 Å². The van der Waals surface area contributed by atoms with Crippen LogP contribution in [-0.4, -0.2) is 26.7 Å². The topological polar surface area (TPSA) is 47.0 Å². The van der Waals surface area contributed by atoms with E-state index in [1.807, 2.05) is 0 Å². The summed E-state index contributed by atoms with van der Waals surface area (Å²) in [7, 11) is 0. The Bertz CT molecular complexity index is 785. The van der Waals surface area contributed by atoms with Crippen molar-refractivity contribution in [2.75, 3.05) is 0 Å². The first-order valence-corrected chi connectivity index (χ1v) is 9.60. The van der Waals surface area contributed by atoms with E-state index in [0.717, 1.165) is 44.9 Å². The van der Waals surface area contributed by atoms with Crippen LogP contribution >= 0.6 is 15.9 Å². The minimum absolute atomic E-state index is 0.00144. The van der Waals surface area contributed by atoms with Gasteiger partial charge in [0.05, 0.1) is 0 Å². The van der Waals surface area contributed by atoms with Crippen LogP contribution in [0.1, 0.15) is 63.1 Å². The van der Waals surface area contributed by atoms with Crippen molar-refractivity contribution in [2.24, 2.45) is 0 Å². The summed E-state index contributed by atoms with van der Waals surface area (Å²) in [5, 5.41) is 0. The average molecular weight is 395 g/mol. The fraction of sp³-hybridized carbons (Fsp3) is 0.611. The van der Waals surface area contributed by atoms with Crippen molar-refractivity contribution in [1.29, 1.82) is 0 Å². The summed E-state index contributed by atoms with van der Waals surface area (Å²) in [5.41, 5.74) is 0.163. The van der Waals surface area contributed by atoms with E-state index in [2.05, 4.69) is 34.8 Å².